The number of carboxylic acids is 1. The molecule has 0 saturated carbocycles. The number of esters is 1. The van der Waals surface area contributed by atoms with Crippen LogP contribution in [0.4, 0.5) is 0 Å². The molecule has 21 heavy (non-hydrogen) atoms. The van der Waals surface area contributed by atoms with E-state index in [2.05, 4.69) is 4.74 Å². The van der Waals surface area contributed by atoms with Gasteiger partial charge >= 0.3 is 11.9 Å². The van der Waals surface area contributed by atoms with E-state index in [4.69, 9.17) is 5.11 Å². The number of carboxylic acid groups (broad SMARTS) is 1. The number of nitrogens with zero attached hydrogens (tertiary/aromatic N) is 1. The van der Waals surface area contributed by atoms with Gasteiger partial charge in [0.25, 0.3) is 0 Å². The van der Waals surface area contributed by atoms with Crippen molar-refractivity contribution in [1.29, 1.82) is 0 Å². The Morgan fingerprint density at radius 1 is 1.19 bits per heavy atom. The van der Waals surface area contributed by atoms with Crippen molar-refractivity contribution in [3.05, 3.63) is 29.8 Å². The fourth-order valence-electron chi connectivity index (χ4n) is 1.47. The van der Waals surface area contributed by atoms with Crippen LogP contribution in [0.15, 0.2) is 29.2 Å². The summed E-state index contributed by atoms with van der Waals surface area (Å²) in [5.41, 5.74) is -1.39. The summed E-state index contributed by atoms with van der Waals surface area (Å²) in [4.78, 5) is 22.3. The molecule has 0 amide bonds. The average molecular weight is 315 g/mol. The Kier molecular flexibility index (Phi) is 4.75. The largest absolute Gasteiger partial charge is 0.480 e. The first kappa shape index (κ1) is 17.1. The van der Waals surface area contributed by atoms with Gasteiger partial charge in [-0.15, -0.1) is 0 Å². The zero-order valence-electron chi connectivity index (χ0n) is 12.2. The van der Waals surface area contributed by atoms with Gasteiger partial charge in [0.1, 0.15) is 5.54 Å². The third-order valence-electron chi connectivity index (χ3n) is 3.24. The molecule has 0 aliphatic carbocycles. The van der Waals surface area contributed by atoms with Crippen LogP contribution in [0.3, 0.4) is 0 Å². The second-order valence-corrected chi connectivity index (χ2v) is 6.82. The number of benzene rings is 1. The fourth-order valence-corrected chi connectivity index (χ4v) is 2.95. The summed E-state index contributed by atoms with van der Waals surface area (Å²) >= 11 is 0. The lowest BCUT2D eigenvalue weighted by Crippen LogP contribution is -2.50. The minimum absolute atomic E-state index is 0.105. The highest BCUT2D eigenvalue weighted by atomic mass is 32.2. The molecular weight excluding hydrogens is 298 g/mol. The molecule has 0 unspecified atom stereocenters. The lowest BCUT2D eigenvalue weighted by Gasteiger charge is -2.30. The van der Waals surface area contributed by atoms with Gasteiger partial charge in [0.15, 0.2) is 0 Å². The molecule has 0 saturated heterocycles. The van der Waals surface area contributed by atoms with E-state index in [0.29, 0.717) is 0 Å². The van der Waals surface area contributed by atoms with Crippen molar-refractivity contribution in [2.75, 3.05) is 14.2 Å². The molecule has 0 heterocycles. The first-order chi connectivity index (χ1) is 9.55. The molecule has 0 aliphatic heterocycles. The maximum absolute atomic E-state index is 12.4. The summed E-state index contributed by atoms with van der Waals surface area (Å²) in [6.07, 6.45) is 0. The number of aliphatic carboxylic acids is 1. The van der Waals surface area contributed by atoms with Gasteiger partial charge in [0.2, 0.25) is 10.0 Å². The second kappa shape index (κ2) is 5.82. The smallest absolute Gasteiger partial charge is 0.337 e. The van der Waals surface area contributed by atoms with Gasteiger partial charge in [0, 0.05) is 7.05 Å². The molecule has 1 aromatic carbocycles. The number of likely N-dealkylation sites (N-methyl/N-ethyl adjacent to an activating group) is 1. The van der Waals surface area contributed by atoms with Gasteiger partial charge in [-0.2, -0.15) is 4.31 Å². The quantitative estimate of drug-likeness (QED) is 0.812. The predicted molar refractivity (Wildman–Crippen MR) is 74.4 cm³/mol. The third-order valence-corrected chi connectivity index (χ3v) is 5.29. The summed E-state index contributed by atoms with van der Waals surface area (Å²) < 4.78 is 30.1. The Hall–Kier alpha value is -1.93. The number of sulfonamides is 1. The first-order valence-corrected chi connectivity index (χ1v) is 7.40. The van der Waals surface area contributed by atoms with E-state index in [1.807, 2.05) is 0 Å². The zero-order valence-corrected chi connectivity index (χ0v) is 13.0. The van der Waals surface area contributed by atoms with Gasteiger partial charge in [-0.3, -0.25) is 4.79 Å². The molecule has 7 nitrogen and oxygen atoms in total. The summed E-state index contributed by atoms with van der Waals surface area (Å²) in [6.45, 7) is 2.57. The van der Waals surface area contributed by atoms with Crippen molar-refractivity contribution >= 4 is 22.0 Å². The Balaban J connectivity index is 3.20. The monoisotopic (exact) mass is 315 g/mol. The van der Waals surface area contributed by atoms with Crippen LogP contribution in [-0.4, -0.2) is 49.5 Å². The van der Waals surface area contributed by atoms with Crippen molar-refractivity contribution < 1.29 is 27.9 Å². The lowest BCUT2D eigenvalue weighted by atomic mass is 10.1. The predicted octanol–water partition coefficient (Wildman–Crippen LogP) is 0.957. The number of rotatable bonds is 5. The molecular formula is C13H17NO6S. The minimum atomic E-state index is -3.99. The molecule has 8 heteroatoms. The summed E-state index contributed by atoms with van der Waals surface area (Å²) in [5.74, 6) is -1.85. The number of hydrogen-bond donors (Lipinski definition) is 1. The van der Waals surface area contributed by atoms with E-state index in [-0.39, 0.29) is 10.5 Å². The van der Waals surface area contributed by atoms with Crippen LogP contribution >= 0.6 is 0 Å². The van der Waals surface area contributed by atoms with Crippen LogP contribution in [0.2, 0.25) is 0 Å². The Morgan fingerprint density at radius 2 is 1.67 bits per heavy atom. The van der Waals surface area contributed by atoms with Crippen LogP contribution < -0.4 is 0 Å². The van der Waals surface area contributed by atoms with Gasteiger partial charge in [-0.25, -0.2) is 13.2 Å². The van der Waals surface area contributed by atoms with Crippen molar-refractivity contribution in [3.63, 3.8) is 0 Å². The van der Waals surface area contributed by atoms with E-state index in [0.717, 1.165) is 4.31 Å². The van der Waals surface area contributed by atoms with E-state index >= 15 is 0 Å². The zero-order chi connectivity index (χ0) is 16.4. The molecule has 116 valence electrons. The summed E-state index contributed by atoms with van der Waals surface area (Å²) in [6, 6.07) is 5.08. The van der Waals surface area contributed by atoms with Crippen molar-refractivity contribution in [1.82, 2.24) is 4.31 Å². The van der Waals surface area contributed by atoms with Crippen LogP contribution in [-0.2, 0) is 19.6 Å². The van der Waals surface area contributed by atoms with E-state index in [1.54, 1.807) is 0 Å². The third kappa shape index (κ3) is 3.22. The molecule has 1 N–H and O–H groups in total. The topological polar surface area (TPSA) is 101 Å². The number of ether oxygens (including phenoxy) is 1. The molecule has 0 radical (unpaired) electrons. The molecule has 1 rings (SSSR count). The van der Waals surface area contributed by atoms with Crippen LogP contribution in [0.5, 0.6) is 0 Å². The van der Waals surface area contributed by atoms with Crippen LogP contribution in [0.1, 0.15) is 24.2 Å². The number of carbonyl (C=O) groups excluding carboxylic acids is 1. The highest BCUT2D eigenvalue weighted by molar-refractivity contribution is 7.89. The maximum Gasteiger partial charge on any atom is 0.337 e. The Bertz CT molecular complexity index is 648. The molecule has 0 aliphatic rings. The fraction of sp³-hybridized carbons (Fsp3) is 0.385. The SMILES string of the molecule is COC(=O)c1ccc(S(=O)(=O)N(C)C(C)(C)C(=O)O)cc1. The van der Waals surface area contributed by atoms with Crippen LogP contribution in [0, 0.1) is 0 Å². The van der Waals surface area contributed by atoms with Gasteiger partial charge < -0.3 is 9.84 Å². The summed E-state index contributed by atoms with van der Waals surface area (Å²) in [5, 5.41) is 9.10. The first-order valence-electron chi connectivity index (χ1n) is 5.96. The Labute approximate surface area is 123 Å². The standard InChI is InChI=1S/C13H17NO6S/c1-13(2,12(16)17)14(3)21(18,19)10-7-5-9(6-8-10)11(15)20-4/h5-8H,1-4H3,(H,16,17). The number of methoxy groups -OCH3 is 1. The molecule has 0 atom stereocenters. The van der Waals surface area contributed by atoms with Crippen molar-refractivity contribution in [3.8, 4) is 0 Å². The normalized spacial score (nSPS) is 12.2. The average Bonchev–Trinajstić information content (AvgIpc) is 2.45. The molecule has 0 bridgehead atoms. The highest BCUT2D eigenvalue weighted by Gasteiger charge is 2.40. The molecule has 0 spiro atoms. The Morgan fingerprint density at radius 3 is 2.05 bits per heavy atom. The molecule has 0 aromatic heterocycles. The van der Waals surface area contributed by atoms with E-state index in [1.165, 1.54) is 52.3 Å². The lowest BCUT2D eigenvalue weighted by molar-refractivity contribution is -0.145. The molecule has 0 fully saturated rings. The van der Waals surface area contributed by atoms with E-state index in [9.17, 15) is 18.0 Å². The highest BCUT2D eigenvalue weighted by Crippen LogP contribution is 2.23. The second-order valence-electron chi connectivity index (χ2n) is 4.85. The number of hydrogen-bond acceptors (Lipinski definition) is 5. The maximum atomic E-state index is 12.4. The molecule has 1 aromatic rings. The van der Waals surface area contributed by atoms with E-state index < -0.39 is 27.5 Å². The van der Waals surface area contributed by atoms with Gasteiger partial charge in [0.05, 0.1) is 17.6 Å². The van der Waals surface area contributed by atoms with Gasteiger partial charge in [-0.05, 0) is 38.1 Å². The minimum Gasteiger partial charge on any atom is -0.480 e. The summed E-state index contributed by atoms with van der Waals surface area (Å²) in [7, 11) is -1.58. The van der Waals surface area contributed by atoms with Crippen molar-refractivity contribution in [2.24, 2.45) is 0 Å². The van der Waals surface area contributed by atoms with Gasteiger partial charge in [-0.1, -0.05) is 0 Å². The number of carbonyl (C=O) groups is 2. The van der Waals surface area contributed by atoms with Crippen molar-refractivity contribution in [2.45, 2.75) is 24.3 Å². The van der Waals surface area contributed by atoms with Crippen LogP contribution in [0.25, 0.3) is 0 Å².